The standard InChI is InChI=1S/C6H14FO2PS/c1-5(2)4-6(3)9-10(7,8)11/h5-6H,4H2,1-3H3,(H,8,11). The molecule has 0 bridgehead atoms. The van der Waals surface area contributed by atoms with Crippen LogP contribution < -0.4 is 0 Å². The van der Waals surface area contributed by atoms with Gasteiger partial charge in [0.05, 0.1) is 6.10 Å². The van der Waals surface area contributed by atoms with Gasteiger partial charge in [-0.15, -0.1) is 0 Å². The summed E-state index contributed by atoms with van der Waals surface area (Å²) in [6, 6.07) is 0. The van der Waals surface area contributed by atoms with Gasteiger partial charge in [-0.3, -0.25) is 0 Å². The molecule has 0 rings (SSSR count). The first-order valence-corrected chi connectivity index (χ1v) is 6.08. The molecule has 0 saturated heterocycles. The molecule has 0 aromatic heterocycles. The van der Waals surface area contributed by atoms with E-state index >= 15 is 0 Å². The molecule has 2 atom stereocenters. The molecule has 2 nitrogen and oxygen atoms in total. The average molecular weight is 200 g/mol. The van der Waals surface area contributed by atoms with Crippen LogP contribution in [0.15, 0.2) is 0 Å². The third-order valence-electron chi connectivity index (χ3n) is 1.11. The van der Waals surface area contributed by atoms with Gasteiger partial charge in [0, 0.05) is 0 Å². The van der Waals surface area contributed by atoms with Crippen molar-refractivity contribution in [1.82, 2.24) is 0 Å². The van der Waals surface area contributed by atoms with E-state index in [2.05, 4.69) is 16.3 Å². The van der Waals surface area contributed by atoms with Gasteiger partial charge in [-0.05, 0) is 31.1 Å². The average Bonchev–Trinajstić information content (AvgIpc) is 1.53. The molecule has 0 aliphatic carbocycles. The molecule has 0 aromatic carbocycles. The zero-order valence-electron chi connectivity index (χ0n) is 6.95. The van der Waals surface area contributed by atoms with Crippen LogP contribution in [0.1, 0.15) is 27.2 Å². The summed E-state index contributed by atoms with van der Waals surface area (Å²) in [5, 5.41) is 0. The third kappa shape index (κ3) is 8.41. The Balaban J connectivity index is 3.70. The second kappa shape index (κ2) is 4.51. The Hall–Kier alpha value is 0.500. The van der Waals surface area contributed by atoms with Crippen LogP contribution in [-0.4, -0.2) is 11.0 Å². The Morgan fingerprint density at radius 1 is 1.55 bits per heavy atom. The van der Waals surface area contributed by atoms with Crippen LogP contribution in [0.25, 0.3) is 0 Å². The minimum Gasteiger partial charge on any atom is -0.321 e. The van der Waals surface area contributed by atoms with Crippen molar-refractivity contribution in [3.8, 4) is 0 Å². The van der Waals surface area contributed by atoms with E-state index < -0.39 is 6.80 Å². The van der Waals surface area contributed by atoms with Crippen molar-refractivity contribution >= 4 is 18.6 Å². The highest BCUT2D eigenvalue weighted by atomic mass is 32.5. The van der Waals surface area contributed by atoms with E-state index in [0.717, 1.165) is 0 Å². The van der Waals surface area contributed by atoms with Crippen molar-refractivity contribution in [1.29, 1.82) is 0 Å². The third-order valence-corrected chi connectivity index (χ3v) is 1.99. The summed E-state index contributed by atoms with van der Waals surface area (Å²) in [7, 11) is 0. The molecular weight excluding hydrogens is 186 g/mol. The molecule has 0 heterocycles. The second-order valence-corrected chi connectivity index (χ2v) is 5.46. The fraction of sp³-hybridized carbons (Fsp3) is 1.00. The van der Waals surface area contributed by atoms with Gasteiger partial charge in [0.2, 0.25) is 0 Å². The highest BCUT2D eigenvalue weighted by Crippen LogP contribution is 2.45. The molecule has 68 valence electrons. The van der Waals surface area contributed by atoms with Crippen LogP contribution in [0.4, 0.5) is 4.20 Å². The van der Waals surface area contributed by atoms with E-state index in [9.17, 15) is 4.20 Å². The van der Waals surface area contributed by atoms with Gasteiger partial charge in [-0.1, -0.05) is 13.8 Å². The molecule has 0 fully saturated rings. The lowest BCUT2D eigenvalue weighted by Gasteiger charge is -2.15. The molecule has 0 saturated carbocycles. The smallest absolute Gasteiger partial charge is 0.321 e. The largest absolute Gasteiger partial charge is 0.363 e. The normalized spacial score (nSPS) is 19.8. The molecule has 0 spiro atoms. The quantitative estimate of drug-likeness (QED) is 0.707. The lowest BCUT2D eigenvalue weighted by Crippen LogP contribution is -2.08. The van der Waals surface area contributed by atoms with Crippen LogP contribution in [0, 0.1) is 5.92 Å². The first-order valence-electron chi connectivity index (χ1n) is 3.52. The predicted octanol–water partition coefficient (Wildman–Crippen LogP) is 2.62. The summed E-state index contributed by atoms with van der Waals surface area (Å²) in [6.45, 7) is 1.76. The lowest BCUT2D eigenvalue weighted by atomic mass is 10.1. The van der Waals surface area contributed by atoms with E-state index in [-0.39, 0.29) is 6.10 Å². The van der Waals surface area contributed by atoms with Crippen molar-refractivity contribution in [2.45, 2.75) is 33.3 Å². The summed E-state index contributed by atoms with van der Waals surface area (Å²) in [6.07, 6.45) is 0.416. The van der Waals surface area contributed by atoms with Gasteiger partial charge >= 0.3 is 6.80 Å². The van der Waals surface area contributed by atoms with E-state index in [4.69, 9.17) is 4.89 Å². The van der Waals surface area contributed by atoms with Crippen LogP contribution in [0.5, 0.6) is 0 Å². The lowest BCUT2D eigenvalue weighted by molar-refractivity contribution is 0.177. The Morgan fingerprint density at radius 3 is 2.27 bits per heavy atom. The van der Waals surface area contributed by atoms with Gasteiger partial charge in [0.25, 0.3) is 0 Å². The minimum atomic E-state index is -3.94. The summed E-state index contributed by atoms with van der Waals surface area (Å²) >= 11 is 4.09. The number of hydrogen-bond acceptors (Lipinski definition) is 2. The fourth-order valence-corrected chi connectivity index (χ4v) is 1.90. The molecule has 1 N–H and O–H groups in total. The maximum atomic E-state index is 12.3. The van der Waals surface area contributed by atoms with E-state index in [1.165, 1.54) is 0 Å². The van der Waals surface area contributed by atoms with Gasteiger partial charge in [0.1, 0.15) is 0 Å². The summed E-state index contributed by atoms with van der Waals surface area (Å²) in [4.78, 5) is 8.54. The fourth-order valence-electron chi connectivity index (χ4n) is 0.929. The Morgan fingerprint density at radius 2 is 2.00 bits per heavy atom. The predicted molar refractivity (Wildman–Crippen MR) is 47.6 cm³/mol. The van der Waals surface area contributed by atoms with E-state index in [0.29, 0.717) is 12.3 Å². The molecular formula is C6H14FO2PS. The SMILES string of the molecule is CC(C)CC(C)OP(O)(F)=S. The van der Waals surface area contributed by atoms with Crippen molar-refractivity contribution in [2.24, 2.45) is 5.92 Å². The summed E-state index contributed by atoms with van der Waals surface area (Å²) in [5.74, 6) is 0.423. The Labute approximate surface area is 72.1 Å². The van der Waals surface area contributed by atoms with E-state index in [1.807, 2.05) is 13.8 Å². The monoisotopic (exact) mass is 200 g/mol. The van der Waals surface area contributed by atoms with Crippen LogP contribution >= 0.6 is 6.80 Å². The number of hydrogen-bond donors (Lipinski definition) is 1. The summed E-state index contributed by atoms with van der Waals surface area (Å²) in [5.41, 5.74) is 0. The molecule has 5 heteroatoms. The topological polar surface area (TPSA) is 29.5 Å². The molecule has 0 radical (unpaired) electrons. The second-order valence-electron chi connectivity index (χ2n) is 3.00. The van der Waals surface area contributed by atoms with Crippen molar-refractivity contribution < 1.29 is 13.6 Å². The molecule has 0 aromatic rings. The highest BCUT2D eigenvalue weighted by Gasteiger charge is 2.16. The minimum absolute atomic E-state index is 0.296. The molecule has 0 amide bonds. The number of rotatable bonds is 4. The first kappa shape index (κ1) is 11.5. The maximum absolute atomic E-state index is 12.3. The molecule has 0 aliphatic heterocycles. The zero-order valence-corrected chi connectivity index (χ0v) is 8.66. The zero-order chi connectivity index (χ0) is 9.07. The number of halogens is 1. The summed E-state index contributed by atoms with van der Waals surface area (Å²) < 4.78 is 16.9. The van der Waals surface area contributed by atoms with Gasteiger partial charge in [0.15, 0.2) is 0 Å². The van der Waals surface area contributed by atoms with Crippen molar-refractivity contribution in [3.05, 3.63) is 0 Å². The van der Waals surface area contributed by atoms with Crippen LogP contribution in [0.3, 0.4) is 0 Å². The Kier molecular flexibility index (Phi) is 4.71. The highest BCUT2D eigenvalue weighted by molar-refractivity contribution is 8.06. The molecule has 2 unspecified atom stereocenters. The van der Waals surface area contributed by atoms with Gasteiger partial charge in [-0.2, -0.15) is 4.20 Å². The van der Waals surface area contributed by atoms with Gasteiger partial charge in [-0.25, -0.2) is 0 Å². The first-order chi connectivity index (χ1) is 4.81. The maximum Gasteiger partial charge on any atom is 0.363 e. The molecule has 0 aliphatic rings. The van der Waals surface area contributed by atoms with Gasteiger partial charge < -0.3 is 9.42 Å². The van der Waals surface area contributed by atoms with E-state index in [1.54, 1.807) is 6.92 Å². The van der Waals surface area contributed by atoms with Crippen LogP contribution in [0.2, 0.25) is 0 Å². The van der Waals surface area contributed by atoms with Crippen molar-refractivity contribution in [3.63, 3.8) is 0 Å². The van der Waals surface area contributed by atoms with Crippen LogP contribution in [-0.2, 0) is 16.3 Å². The Bertz CT molecular complexity index is 157. The molecule has 11 heavy (non-hydrogen) atoms. The van der Waals surface area contributed by atoms with Crippen molar-refractivity contribution in [2.75, 3.05) is 0 Å².